The second-order valence-electron chi connectivity index (χ2n) is 5.96. The number of hydrogen-bond acceptors (Lipinski definition) is 4. The Balaban J connectivity index is 1.90. The average molecular weight is 325 g/mol. The Labute approximate surface area is 140 Å². The molecule has 0 radical (unpaired) electrons. The Kier molecular flexibility index (Phi) is 4.55. The molecule has 2 heterocycles. The summed E-state index contributed by atoms with van der Waals surface area (Å²) in [4.78, 5) is 33.5. The summed E-state index contributed by atoms with van der Waals surface area (Å²) in [5, 5.41) is 9.18. The number of carboxylic acid groups (broad SMARTS) is 1. The molecule has 1 saturated heterocycles. The van der Waals surface area contributed by atoms with E-state index in [9.17, 15) is 14.7 Å². The van der Waals surface area contributed by atoms with Gasteiger partial charge in [0.15, 0.2) is 0 Å². The Hall–Kier alpha value is -2.76. The number of nitrogens with zero attached hydrogens (tertiary/aromatic N) is 3. The van der Waals surface area contributed by atoms with Gasteiger partial charge in [-0.1, -0.05) is 12.1 Å². The number of aromatic carboxylic acids is 1. The summed E-state index contributed by atoms with van der Waals surface area (Å²) >= 11 is 0. The first-order valence-corrected chi connectivity index (χ1v) is 7.96. The lowest BCUT2D eigenvalue weighted by atomic mass is 9.90. The van der Waals surface area contributed by atoms with Crippen molar-refractivity contribution >= 4 is 11.9 Å². The Morgan fingerprint density at radius 1 is 1.17 bits per heavy atom. The van der Waals surface area contributed by atoms with Crippen LogP contribution < -0.4 is 0 Å². The van der Waals surface area contributed by atoms with Crippen molar-refractivity contribution in [2.24, 2.45) is 0 Å². The van der Waals surface area contributed by atoms with Crippen LogP contribution in [0.4, 0.5) is 0 Å². The molecule has 1 aliphatic heterocycles. The highest BCUT2D eigenvalue weighted by molar-refractivity contribution is 5.89. The van der Waals surface area contributed by atoms with E-state index in [2.05, 4.69) is 9.97 Å². The zero-order valence-electron chi connectivity index (χ0n) is 13.5. The third-order valence-corrected chi connectivity index (χ3v) is 4.44. The van der Waals surface area contributed by atoms with E-state index in [1.54, 1.807) is 37.5 Å². The van der Waals surface area contributed by atoms with E-state index in [1.807, 2.05) is 11.0 Å². The first-order chi connectivity index (χ1) is 11.6. The fourth-order valence-electron chi connectivity index (χ4n) is 3.14. The molecule has 1 aromatic carbocycles. The molecule has 0 saturated carbocycles. The van der Waals surface area contributed by atoms with Gasteiger partial charge >= 0.3 is 5.97 Å². The van der Waals surface area contributed by atoms with Crippen LogP contribution in [0.3, 0.4) is 0 Å². The molecule has 6 nitrogen and oxygen atoms in total. The maximum Gasteiger partial charge on any atom is 0.335 e. The molecular formula is C18H19N3O3. The molecule has 1 aromatic heterocycles. The van der Waals surface area contributed by atoms with Gasteiger partial charge in [-0.15, -0.1) is 0 Å². The number of likely N-dealkylation sites (tertiary alicyclic amines) is 1. The van der Waals surface area contributed by atoms with Crippen LogP contribution in [0.25, 0.3) is 11.3 Å². The number of aromatic nitrogens is 2. The standard InChI is InChI=1S/C18H19N3O3/c1-12(22)21-9-5-13(6-10-21)16-17(20-8-7-19-16)14-3-2-4-15(11-14)18(23)24/h2-4,7-8,11,13H,5-6,9-10H2,1H3,(H,23,24). The van der Waals surface area contributed by atoms with Crippen molar-refractivity contribution in [3.05, 3.63) is 47.9 Å². The van der Waals surface area contributed by atoms with Crippen molar-refractivity contribution in [1.82, 2.24) is 14.9 Å². The molecule has 2 aromatic rings. The fraction of sp³-hybridized carbons (Fsp3) is 0.333. The molecule has 124 valence electrons. The summed E-state index contributed by atoms with van der Waals surface area (Å²) in [5.74, 6) is -0.642. The lowest BCUT2D eigenvalue weighted by Crippen LogP contribution is -2.36. The van der Waals surface area contributed by atoms with Crippen molar-refractivity contribution in [3.63, 3.8) is 0 Å². The molecule has 0 spiro atoms. The number of carbonyl (C=O) groups excluding carboxylic acids is 1. The largest absolute Gasteiger partial charge is 0.478 e. The van der Waals surface area contributed by atoms with Gasteiger partial charge < -0.3 is 10.0 Å². The molecular weight excluding hydrogens is 306 g/mol. The highest BCUT2D eigenvalue weighted by atomic mass is 16.4. The Morgan fingerprint density at radius 2 is 1.88 bits per heavy atom. The fourth-order valence-corrected chi connectivity index (χ4v) is 3.14. The maximum absolute atomic E-state index is 11.5. The van der Waals surface area contributed by atoms with E-state index in [0.717, 1.165) is 29.8 Å². The van der Waals surface area contributed by atoms with Crippen LogP contribution in [0.15, 0.2) is 36.7 Å². The number of carbonyl (C=O) groups is 2. The third kappa shape index (κ3) is 3.27. The van der Waals surface area contributed by atoms with Crippen molar-refractivity contribution < 1.29 is 14.7 Å². The van der Waals surface area contributed by atoms with Gasteiger partial charge in [0.25, 0.3) is 0 Å². The summed E-state index contributed by atoms with van der Waals surface area (Å²) < 4.78 is 0. The van der Waals surface area contributed by atoms with Crippen LogP contribution in [-0.2, 0) is 4.79 Å². The van der Waals surface area contributed by atoms with Crippen LogP contribution >= 0.6 is 0 Å². The number of piperidine rings is 1. The molecule has 0 atom stereocenters. The van der Waals surface area contributed by atoms with Crippen LogP contribution in [0.2, 0.25) is 0 Å². The molecule has 0 aliphatic carbocycles. The first kappa shape index (κ1) is 16.1. The predicted molar refractivity (Wildman–Crippen MR) is 88.7 cm³/mol. The van der Waals surface area contributed by atoms with Gasteiger partial charge in [0.2, 0.25) is 5.91 Å². The Bertz CT molecular complexity index is 768. The molecule has 6 heteroatoms. The second-order valence-corrected chi connectivity index (χ2v) is 5.96. The molecule has 3 rings (SSSR count). The van der Waals surface area contributed by atoms with E-state index in [4.69, 9.17) is 0 Å². The number of carboxylic acids is 1. The minimum Gasteiger partial charge on any atom is -0.478 e. The minimum atomic E-state index is -0.961. The predicted octanol–water partition coefficient (Wildman–Crippen LogP) is 2.57. The Morgan fingerprint density at radius 3 is 2.54 bits per heavy atom. The topological polar surface area (TPSA) is 83.4 Å². The summed E-state index contributed by atoms with van der Waals surface area (Å²) in [6.45, 7) is 3.02. The van der Waals surface area contributed by atoms with Gasteiger partial charge in [-0.3, -0.25) is 14.8 Å². The molecule has 0 unspecified atom stereocenters. The monoisotopic (exact) mass is 325 g/mol. The number of benzene rings is 1. The first-order valence-electron chi connectivity index (χ1n) is 7.96. The normalized spacial score (nSPS) is 15.3. The quantitative estimate of drug-likeness (QED) is 0.937. The number of rotatable bonds is 3. The van der Waals surface area contributed by atoms with Crippen molar-refractivity contribution in [3.8, 4) is 11.3 Å². The van der Waals surface area contributed by atoms with E-state index >= 15 is 0 Å². The molecule has 1 N–H and O–H groups in total. The van der Waals surface area contributed by atoms with E-state index in [-0.39, 0.29) is 17.4 Å². The van der Waals surface area contributed by atoms with Gasteiger partial charge in [-0.2, -0.15) is 0 Å². The summed E-state index contributed by atoms with van der Waals surface area (Å²) in [6.07, 6.45) is 4.96. The lowest BCUT2D eigenvalue weighted by Gasteiger charge is -2.31. The van der Waals surface area contributed by atoms with Crippen LogP contribution in [0.5, 0.6) is 0 Å². The summed E-state index contributed by atoms with van der Waals surface area (Å²) in [6, 6.07) is 6.76. The van der Waals surface area contributed by atoms with Crippen molar-refractivity contribution in [2.45, 2.75) is 25.7 Å². The van der Waals surface area contributed by atoms with E-state index in [1.165, 1.54) is 0 Å². The molecule has 24 heavy (non-hydrogen) atoms. The third-order valence-electron chi connectivity index (χ3n) is 4.44. The molecule has 1 fully saturated rings. The average Bonchev–Trinajstić information content (AvgIpc) is 2.62. The van der Waals surface area contributed by atoms with Gasteiger partial charge in [-0.25, -0.2) is 4.79 Å². The minimum absolute atomic E-state index is 0.0991. The summed E-state index contributed by atoms with van der Waals surface area (Å²) in [7, 11) is 0. The zero-order valence-corrected chi connectivity index (χ0v) is 13.5. The summed E-state index contributed by atoms with van der Waals surface area (Å²) in [5.41, 5.74) is 2.59. The van der Waals surface area contributed by atoms with Crippen LogP contribution in [0, 0.1) is 0 Å². The highest BCUT2D eigenvalue weighted by Gasteiger charge is 2.25. The van der Waals surface area contributed by atoms with Crippen molar-refractivity contribution in [2.75, 3.05) is 13.1 Å². The zero-order chi connectivity index (χ0) is 17.1. The molecule has 1 aliphatic rings. The van der Waals surface area contributed by atoms with Crippen molar-refractivity contribution in [1.29, 1.82) is 0 Å². The number of hydrogen-bond donors (Lipinski definition) is 1. The van der Waals surface area contributed by atoms with Crippen LogP contribution in [0.1, 0.15) is 41.7 Å². The van der Waals surface area contributed by atoms with E-state index < -0.39 is 5.97 Å². The lowest BCUT2D eigenvalue weighted by molar-refractivity contribution is -0.129. The molecule has 0 bridgehead atoms. The van der Waals surface area contributed by atoms with Gasteiger partial charge in [0.1, 0.15) is 0 Å². The smallest absolute Gasteiger partial charge is 0.335 e. The maximum atomic E-state index is 11.5. The second kappa shape index (κ2) is 6.78. The van der Waals surface area contributed by atoms with Gasteiger partial charge in [-0.05, 0) is 25.0 Å². The SMILES string of the molecule is CC(=O)N1CCC(c2nccnc2-c2cccc(C(=O)O)c2)CC1. The number of amides is 1. The van der Waals surface area contributed by atoms with Gasteiger partial charge in [0.05, 0.1) is 17.0 Å². The highest BCUT2D eigenvalue weighted by Crippen LogP contribution is 2.32. The van der Waals surface area contributed by atoms with Gasteiger partial charge in [0, 0.05) is 43.9 Å². The molecule has 1 amide bonds. The van der Waals surface area contributed by atoms with E-state index in [0.29, 0.717) is 13.1 Å². The van der Waals surface area contributed by atoms with Crippen LogP contribution in [-0.4, -0.2) is 44.9 Å².